The predicted molar refractivity (Wildman–Crippen MR) is 82.0 cm³/mol. The highest BCUT2D eigenvalue weighted by Gasteiger charge is 2.16. The van der Waals surface area contributed by atoms with Crippen molar-refractivity contribution in [2.45, 2.75) is 33.0 Å². The van der Waals surface area contributed by atoms with Crippen molar-refractivity contribution in [1.82, 2.24) is 20.1 Å². The molecule has 0 unspecified atom stereocenters. The lowest BCUT2D eigenvalue weighted by atomic mass is 10.2. The number of nitrogens with zero attached hydrogens (tertiary/aromatic N) is 2. The van der Waals surface area contributed by atoms with Crippen LogP contribution in [0.25, 0.3) is 0 Å². The fourth-order valence-corrected chi connectivity index (χ4v) is 2.46. The van der Waals surface area contributed by atoms with Crippen LogP contribution in [0.3, 0.4) is 0 Å². The van der Waals surface area contributed by atoms with Crippen molar-refractivity contribution in [3.8, 4) is 5.75 Å². The zero-order chi connectivity index (χ0) is 17.0. The Labute approximate surface area is 136 Å². The summed E-state index contributed by atoms with van der Waals surface area (Å²) in [5.74, 6) is -0.168. The highest BCUT2D eigenvalue weighted by Crippen LogP contribution is 2.20. The minimum Gasteiger partial charge on any atom is -0.434 e. The summed E-state index contributed by atoms with van der Waals surface area (Å²) < 4.78 is 31.3. The number of carbonyl (C=O) groups is 1. The van der Waals surface area contributed by atoms with Crippen LogP contribution in [0, 0.1) is 4.77 Å². The zero-order valence-corrected chi connectivity index (χ0v) is 13.4. The van der Waals surface area contributed by atoms with Gasteiger partial charge in [0.1, 0.15) is 5.75 Å². The van der Waals surface area contributed by atoms with Gasteiger partial charge < -0.3 is 14.6 Å². The fourth-order valence-electron chi connectivity index (χ4n) is 2.10. The van der Waals surface area contributed by atoms with E-state index in [1.807, 2.05) is 13.8 Å². The Morgan fingerprint density at radius 3 is 2.78 bits per heavy atom. The van der Waals surface area contributed by atoms with E-state index in [1.165, 1.54) is 18.2 Å². The molecular weight excluding hydrogens is 326 g/mol. The number of nitrogens with one attached hydrogen (secondary N) is 2. The topological polar surface area (TPSA) is 71.9 Å². The third-order valence-corrected chi connectivity index (χ3v) is 3.34. The summed E-state index contributed by atoms with van der Waals surface area (Å²) in [4.78, 5) is 12.2. The average Bonchev–Trinajstić information content (AvgIpc) is 2.86. The van der Waals surface area contributed by atoms with E-state index >= 15 is 0 Å². The largest absolute Gasteiger partial charge is 0.434 e. The Hall–Kier alpha value is -2.29. The number of amides is 1. The van der Waals surface area contributed by atoms with E-state index < -0.39 is 12.5 Å². The van der Waals surface area contributed by atoms with Gasteiger partial charge in [-0.1, -0.05) is 12.1 Å². The molecule has 2 aromatic rings. The van der Waals surface area contributed by atoms with Gasteiger partial charge in [-0.15, -0.1) is 0 Å². The Morgan fingerprint density at radius 2 is 2.13 bits per heavy atom. The van der Waals surface area contributed by atoms with Gasteiger partial charge in [-0.05, 0) is 38.2 Å². The molecule has 23 heavy (non-hydrogen) atoms. The Balaban J connectivity index is 2.13. The summed E-state index contributed by atoms with van der Waals surface area (Å²) in [7, 11) is 0. The molecule has 1 aromatic carbocycles. The SMILES string of the molecule is CC(C)n1c(CNC(=O)c2ccccc2OC(F)F)n[nH]c1=S. The van der Waals surface area contributed by atoms with Gasteiger partial charge in [0.25, 0.3) is 5.91 Å². The lowest BCUT2D eigenvalue weighted by molar-refractivity contribution is -0.0501. The average molecular weight is 342 g/mol. The lowest BCUT2D eigenvalue weighted by Gasteiger charge is -2.12. The van der Waals surface area contributed by atoms with Gasteiger partial charge in [0, 0.05) is 6.04 Å². The van der Waals surface area contributed by atoms with Crippen LogP contribution in [0.1, 0.15) is 36.1 Å². The number of hydrogen-bond acceptors (Lipinski definition) is 4. The number of benzene rings is 1. The molecule has 0 atom stereocenters. The minimum absolute atomic E-state index is 0.0260. The van der Waals surface area contributed by atoms with Crippen LogP contribution in [0.4, 0.5) is 8.78 Å². The molecule has 0 radical (unpaired) electrons. The quantitative estimate of drug-likeness (QED) is 0.792. The highest BCUT2D eigenvalue weighted by atomic mass is 32.1. The number of aromatic amines is 1. The predicted octanol–water partition coefficient (Wildman–Crippen LogP) is 3.05. The number of halogens is 2. The monoisotopic (exact) mass is 342 g/mol. The summed E-state index contributed by atoms with van der Waals surface area (Å²) in [5.41, 5.74) is 0.0260. The number of para-hydroxylation sites is 1. The van der Waals surface area contributed by atoms with E-state index in [-0.39, 0.29) is 23.9 Å². The lowest BCUT2D eigenvalue weighted by Crippen LogP contribution is -2.26. The van der Waals surface area contributed by atoms with Gasteiger partial charge in [-0.25, -0.2) is 0 Å². The second-order valence-corrected chi connectivity index (χ2v) is 5.35. The molecule has 0 fully saturated rings. The maximum absolute atomic E-state index is 12.4. The molecule has 2 rings (SSSR count). The normalized spacial score (nSPS) is 11.0. The molecule has 0 aliphatic rings. The smallest absolute Gasteiger partial charge is 0.387 e. The van der Waals surface area contributed by atoms with Crippen molar-refractivity contribution in [2.75, 3.05) is 0 Å². The molecule has 0 saturated heterocycles. The van der Waals surface area contributed by atoms with Crippen LogP contribution >= 0.6 is 12.2 Å². The molecule has 0 bridgehead atoms. The number of rotatable bonds is 6. The standard InChI is InChI=1S/C14H16F2N4O2S/c1-8(2)20-11(18-19-14(20)23)7-17-12(21)9-5-3-4-6-10(9)22-13(15)16/h3-6,8,13H,7H2,1-2H3,(H,17,21)(H,19,23). The van der Waals surface area contributed by atoms with Crippen LogP contribution < -0.4 is 10.1 Å². The van der Waals surface area contributed by atoms with Gasteiger partial charge in [0.15, 0.2) is 10.6 Å². The molecule has 0 aliphatic heterocycles. The van der Waals surface area contributed by atoms with Gasteiger partial charge in [-0.2, -0.15) is 13.9 Å². The van der Waals surface area contributed by atoms with Crippen molar-refractivity contribution in [3.05, 3.63) is 40.4 Å². The molecule has 9 heteroatoms. The number of H-pyrrole nitrogens is 1. The molecule has 6 nitrogen and oxygen atoms in total. The third-order valence-electron chi connectivity index (χ3n) is 3.05. The van der Waals surface area contributed by atoms with Crippen molar-refractivity contribution in [1.29, 1.82) is 0 Å². The van der Waals surface area contributed by atoms with Crippen molar-refractivity contribution >= 4 is 18.1 Å². The van der Waals surface area contributed by atoms with E-state index in [1.54, 1.807) is 10.6 Å². The van der Waals surface area contributed by atoms with Gasteiger partial charge >= 0.3 is 6.61 Å². The van der Waals surface area contributed by atoms with Crippen LogP contribution in [-0.4, -0.2) is 27.3 Å². The first-order chi connectivity index (χ1) is 10.9. The molecule has 124 valence electrons. The molecule has 0 spiro atoms. The Morgan fingerprint density at radius 1 is 1.43 bits per heavy atom. The maximum atomic E-state index is 12.4. The van der Waals surface area contributed by atoms with E-state index in [0.29, 0.717) is 10.6 Å². The summed E-state index contributed by atoms with van der Waals surface area (Å²) >= 11 is 5.12. The van der Waals surface area contributed by atoms with Gasteiger partial charge in [0.05, 0.1) is 12.1 Å². The summed E-state index contributed by atoms with van der Waals surface area (Å²) in [6.07, 6.45) is 0. The van der Waals surface area contributed by atoms with Gasteiger partial charge in [-0.3, -0.25) is 9.89 Å². The molecule has 0 saturated carbocycles. The van der Waals surface area contributed by atoms with E-state index in [9.17, 15) is 13.6 Å². The number of ether oxygens (including phenoxy) is 1. The van der Waals surface area contributed by atoms with Crippen molar-refractivity contribution in [3.63, 3.8) is 0 Å². The molecule has 1 aromatic heterocycles. The number of aromatic nitrogens is 3. The zero-order valence-electron chi connectivity index (χ0n) is 12.5. The van der Waals surface area contributed by atoms with Crippen LogP contribution in [0.15, 0.2) is 24.3 Å². The summed E-state index contributed by atoms with van der Waals surface area (Å²) in [5, 5.41) is 9.34. The molecular formula is C14H16F2N4O2S. The Kier molecular flexibility index (Phi) is 5.43. The van der Waals surface area contributed by atoms with Gasteiger partial charge in [0.2, 0.25) is 0 Å². The highest BCUT2D eigenvalue weighted by molar-refractivity contribution is 7.71. The van der Waals surface area contributed by atoms with E-state index in [2.05, 4.69) is 20.3 Å². The third kappa shape index (κ3) is 4.13. The number of alkyl halides is 2. The van der Waals surface area contributed by atoms with Crippen LogP contribution in [0.5, 0.6) is 5.75 Å². The molecule has 1 amide bonds. The Bertz CT molecular complexity index is 742. The second-order valence-electron chi connectivity index (χ2n) is 4.97. The van der Waals surface area contributed by atoms with Crippen molar-refractivity contribution in [2.24, 2.45) is 0 Å². The first-order valence-electron chi connectivity index (χ1n) is 6.88. The molecule has 2 N–H and O–H groups in total. The minimum atomic E-state index is -3.00. The van der Waals surface area contributed by atoms with Crippen LogP contribution in [0.2, 0.25) is 0 Å². The van der Waals surface area contributed by atoms with Crippen molar-refractivity contribution < 1.29 is 18.3 Å². The number of hydrogen-bond donors (Lipinski definition) is 2. The second kappa shape index (κ2) is 7.32. The summed E-state index contributed by atoms with van der Waals surface area (Å²) in [6.45, 7) is 0.971. The van der Waals surface area contributed by atoms with Crippen LogP contribution in [-0.2, 0) is 6.54 Å². The van der Waals surface area contributed by atoms with E-state index in [4.69, 9.17) is 12.2 Å². The molecule has 0 aliphatic carbocycles. The first-order valence-corrected chi connectivity index (χ1v) is 7.28. The maximum Gasteiger partial charge on any atom is 0.387 e. The first kappa shape index (κ1) is 17.1. The summed E-state index contributed by atoms with van der Waals surface area (Å²) in [6, 6.07) is 5.87. The molecule has 1 heterocycles. The number of carbonyl (C=O) groups excluding carboxylic acids is 1. The fraction of sp³-hybridized carbons (Fsp3) is 0.357. The van der Waals surface area contributed by atoms with E-state index in [0.717, 1.165) is 0 Å².